The Morgan fingerprint density at radius 1 is 1.91 bits per heavy atom. The van der Waals surface area contributed by atoms with Crippen LogP contribution < -0.4 is 5.73 Å². The highest BCUT2D eigenvalue weighted by Crippen LogP contribution is 2.25. The zero-order valence-electron chi connectivity index (χ0n) is 5.94. The Kier molecular flexibility index (Phi) is 1.92. The quantitative estimate of drug-likeness (QED) is 0.622. The number of nitrogen functional groups attached to an aromatic ring is 1. The molecule has 1 unspecified atom stereocenters. The highest BCUT2D eigenvalue weighted by Gasteiger charge is 2.24. The fourth-order valence-electron chi connectivity index (χ4n) is 0.580. The van der Waals surface area contributed by atoms with Crippen molar-refractivity contribution in [3.63, 3.8) is 0 Å². The van der Waals surface area contributed by atoms with Crippen molar-refractivity contribution >= 4 is 22.8 Å². The number of hydrogen-bond donors (Lipinski definition) is 2. The monoisotopic (exact) mass is 172 g/mol. The van der Waals surface area contributed by atoms with Crippen molar-refractivity contribution in [2.24, 2.45) is 0 Å². The first-order chi connectivity index (χ1) is 5.06. The molecule has 0 radical (unpaired) electrons. The van der Waals surface area contributed by atoms with E-state index in [4.69, 9.17) is 5.73 Å². The van der Waals surface area contributed by atoms with Gasteiger partial charge in [-0.2, -0.15) is 0 Å². The number of carbonyl (C=O) groups excluding carboxylic acids is 1. The molecule has 5 heteroatoms. The van der Waals surface area contributed by atoms with Gasteiger partial charge in [-0.3, -0.25) is 4.79 Å². The Morgan fingerprint density at radius 3 is 2.91 bits per heavy atom. The highest BCUT2D eigenvalue weighted by atomic mass is 32.1. The molecule has 0 amide bonds. The molecule has 60 valence electrons. The third-order valence-corrected chi connectivity index (χ3v) is 2.31. The maximum Gasteiger partial charge on any atom is 0.180 e. The predicted octanol–water partition coefficient (Wildman–Crippen LogP) is 0.132. The van der Waals surface area contributed by atoms with Crippen molar-refractivity contribution in [2.75, 3.05) is 5.73 Å². The van der Waals surface area contributed by atoms with Crippen molar-refractivity contribution in [2.45, 2.75) is 12.5 Å². The van der Waals surface area contributed by atoms with E-state index in [2.05, 4.69) is 4.98 Å². The number of aromatic nitrogens is 1. The Morgan fingerprint density at radius 2 is 2.55 bits per heavy atom. The second-order valence-electron chi connectivity index (χ2n) is 2.33. The molecular formula is C6H8N2O2S. The molecule has 0 saturated heterocycles. The van der Waals surface area contributed by atoms with Gasteiger partial charge in [0.25, 0.3) is 0 Å². The zero-order valence-corrected chi connectivity index (χ0v) is 6.76. The van der Waals surface area contributed by atoms with E-state index in [1.54, 1.807) is 0 Å². The first-order valence-corrected chi connectivity index (χ1v) is 3.78. The van der Waals surface area contributed by atoms with Crippen molar-refractivity contribution in [3.05, 3.63) is 11.1 Å². The average Bonchev–Trinajstić information content (AvgIpc) is 2.36. The standard InChI is InChI=1S/C6H8N2O2S/c1-6(10,3-9)4-2-8-5(7)11-4/h2-3,10H,1H3,(H2,7,8). The minimum Gasteiger partial charge on any atom is -0.377 e. The van der Waals surface area contributed by atoms with Gasteiger partial charge in [0, 0.05) is 6.20 Å². The Bertz CT molecular complexity index is 269. The summed E-state index contributed by atoms with van der Waals surface area (Å²) in [6, 6.07) is 0. The van der Waals surface area contributed by atoms with E-state index in [0.717, 1.165) is 11.3 Å². The summed E-state index contributed by atoms with van der Waals surface area (Å²) in [5, 5.41) is 9.70. The van der Waals surface area contributed by atoms with Crippen molar-refractivity contribution in [3.8, 4) is 0 Å². The van der Waals surface area contributed by atoms with Crippen LogP contribution in [0.2, 0.25) is 0 Å². The Balaban J connectivity index is 3.01. The SMILES string of the molecule is CC(O)(C=O)c1cnc(N)s1. The zero-order chi connectivity index (χ0) is 8.48. The molecule has 1 rings (SSSR count). The van der Waals surface area contributed by atoms with Gasteiger partial charge in [0.15, 0.2) is 17.0 Å². The normalized spacial score (nSPS) is 15.8. The van der Waals surface area contributed by atoms with Crippen LogP contribution in [-0.4, -0.2) is 16.4 Å². The van der Waals surface area contributed by atoms with Crippen LogP contribution in [0, 0.1) is 0 Å². The molecule has 4 nitrogen and oxygen atoms in total. The molecular weight excluding hydrogens is 164 g/mol. The van der Waals surface area contributed by atoms with Crippen LogP contribution in [0.4, 0.5) is 5.13 Å². The van der Waals surface area contributed by atoms with Crippen molar-refractivity contribution < 1.29 is 9.90 Å². The first-order valence-electron chi connectivity index (χ1n) is 2.97. The summed E-state index contributed by atoms with van der Waals surface area (Å²) in [7, 11) is 0. The largest absolute Gasteiger partial charge is 0.377 e. The number of nitrogens with zero attached hydrogens (tertiary/aromatic N) is 1. The molecule has 1 atom stereocenters. The number of hydrogen-bond acceptors (Lipinski definition) is 5. The topological polar surface area (TPSA) is 76.2 Å². The summed E-state index contributed by atoms with van der Waals surface area (Å²) >= 11 is 1.10. The van der Waals surface area contributed by atoms with Crippen LogP contribution in [0.5, 0.6) is 0 Å². The molecule has 0 aliphatic heterocycles. The van der Waals surface area contributed by atoms with E-state index >= 15 is 0 Å². The molecule has 0 saturated carbocycles. The van der Waals surface area contributed by atoms with Gasteiger partial charge in [-0.15, -0.1) is 0 Å². The smallest absolute Gasteiger partial charge is 0.180 e. The third-order valence-electron chi connectivity index (χ3n) is 1.25. The number of aldehydes is 1. The summed E-state index contributed by atoms with van der Waals surface area (Å²) in [6.45, 7) is 1.40. The lowest BCUT2D eigenvalue weighted by Crippen LogP contribution is -2.20. The summed E-state index contributed by atoms with van der Waals surface area (Å²) in [6.07, 6.45) is 1.86. The lowest BCUT2D eigenvalue weighted by atomic mass is 10.1. The second-order valence-corrected chi connectivity index (χ2v) is 3.39. The van der Waals surface area contributed by atoms with Gasteiger partial charge in [-0.05, 0) is 6.92 Å². The predicted molar refractivity (Wildman–Crippen MR) is 42.2 cm³/mol. The molecule has 0 fully saturated rings. The lowest BCUT2D eigenvalue weighted by Gasteiger charge is -2.10. The molecule has 1 heterocycles. The number of thiazole rings is 1. The van der Waals surface area contributed by atoms with Crippen LogP contribution in [0.1, 0.15) is 11.8 Å². The van der Waals surface area contributed by atoms with E-state index in [9.17, 15) is 9.90 Å². The minimum atomic E-state index is -1.45. The maximum atomic E-state index is 10.3. The summed E-state index contributed by atoms with van der Waals surface area (Å²) in [4.78, 5) is 14.5. The van der Waals surface area contributed by atoms with Crippen molar-refractivity contribution in [1.82, 2.24) is 4.98 Å². The van der Waals surface area contributed by atoms with Gasteiger partial charge in [0.05, 0.1) is 4.88 Å². The minimum absolute atomic E-state index is 0.349. The van der Waals surface area contributed by atoms with Gasteiger partial charge < -0.3 is 10.8 Å². The highest BCUT2D eigenvalue weighted by molar-refractivity contribution is 7.15. The maximum absolute atomic E-state index is 10.3. The van der Waals surface area contributed by atoms with Gasteiger partial charge in [0.1, 0.15) is 0 Å². The average molecular weight is 172 g/mol. The third kappa shape index (κ3) is 1.55. The lowest BCUT2D eigenvalue weighted by molar-refractivity contribution is -0.122. The molecule has 0 aliphatic carbocycles. The van der Waals surface area contributed by atoms with Crippen molar-refractivity contribution in [1.29, 1.82) is 0 Å². The van der Waals surface area contributed by atoms with Gasteiger partial charge in [0.2, 0.25) is 0 Å². The van der Waals surface area contributed by atoms with E-state index in [0.29, 0.717) is 16.3 Å². The first kappa shape index (κ1) is 8.16. The molecule has 0 bridgehead atoms. The van der Waals surface area contributed by atoms with E-state index < -0.39 is 5.60 Å². The van der Waals surface area contributed by atoms with Crippen LogP contribution in [0.15, 0.2) is 6.20 Å². The van der Waals surface area contributed by atoms with Crippen LogP contribution in [0.3, 0.4) is 0 Å². The number of nitrogens with two attached hydrogens (primary N) is 1. The molecule has 0 spiro atoms. The summed E-state index contributed by atoms with van der Waals surface area (Å²) in [5.41, 5.74) is 3.86. The second kappa shape index (κ2) is 2.60. The number of carbonyl (C=O) groups is 1. The van der Waals surface area contributed by atoms with Crippen LogP contribution >= 0.6 is 11.3 Å². The number of rotatable bonds is 2. The molecule has 3 N–H and O–H groups in total. The molecule has 0 aromatic carbocycles. The van der Waals surface area contributed by atoms with E-state index in [-0.39, 0.29) is 0 Å². The number of aliphatic hydroxyl groups is 1. The molecule has 0 aliphatic rings. The van der Waals surface area contributed by atoms with Gasteiger partial charge in [-0.1, -0.05) is 11.3 Å². The van der Waals surface area contributed by atoms with E-state index in [1.807, 2.05) is 0 Å². The van der Waals surface area contributed by atoms with Crippen LogP contribution in [0.25, 0.3) is 0 Å². The molecule has 1 aromatic heterocycles. The summed E-state index contributed by atoms with van der Waals surface area (Å²) < 4.78 is 0. The molecule has 11 heavy (non-hydrogen) atoms. The Labute approximate surface area is 67.7 Å². The molecule has 1 aromatic rings. The summed E-state index contributed by atoms with van der Waals surface area (Å²) in [5.74, 6) is 0. The Hall–Kier alpha value is -0.940. The van der Waals surface area contributed by atoms with Crippen LogP contribution in [-0.2, 0) is 10.4 Å². The fraction of sp³-hybridized carbons (Fsp3) is 0.333. The van der Waals surface area contributed by atoms with Gasteiger partial charge in [-0.25, -0.2) is 4.98 Å². The number of anilines is 1. The van der Waals surface area contributed by atoms with Gasteiger partial charge >= 0.3 is 0 Å². The van der Waals surface area contributed by atoms with E-state index in [1.165, 1.54) is 13.1 Å². The fourth-order valence-corrected chi connectivity index (χ4v) is 1.27.